The number of carboxylic acid groups (broad SMARTS) is 1. The lowest BCUT2D eigenvalue weighted by Gasteiger charge is -2.08. The summed E-state index contributed by atoms with van der Waals surface area (Å²) < 4.78 is 5.45. The molecule has 1 aromatic carbocycles. The van der Waals surface area contributed by atoms with E-state index in [1.807, 2.05) is 6.92 Å². The zero-order chi connectivity index (χ0) is 16.3. The van der Waals surface area contributed by atoms with E-state index < -0.39 is 5.97 Å². The number of aromatic amines is 1. The summed E-state index contributed by atoms with van der Waals surface area (Å²) in [6.07, 6.45) is 0. The van der Waals surface area contributed by atoms with Crippen molar-refractivity contribution in [3.8, 4) is 5.75 Å². The zero-order valence-electron chi connectivity index (χ0n) is 12.9. The maximum absolute atomic E-state index is 11.7. The first kappa shape index (κ1) is 15.9. The van der Waals surface area contributed by atoms with Gasteiger partial charge in [-0.25, -0.2) is 4.79 Å². The lowest BCUT2D eigenvalue weighted by Crippen LogP contribution is -2.27. The second-order valence-corrected chi connectivity index (χ2v) is 5.30. The number of benzene rings is 1. The summed E-state index contributed by atoms with van der Waals surface area (Å²) in [6.45, 7) is 6.15. The smallest absolute Gasteiger partial charge is 0.352 e. The van der Waals surface area contributed by atoms with E-state index in [1.165, 1.54) is 0 Å². The van der Waals surface area contributed by atoms with Crippen molar-refractivity contribution >= 4 is 22.8 Å². The highest BCUT2D eigenvalue weighted by atomic mass is 16.5. The second-order valence-electron chi connectivity index (χ2n) is 5.30. The SMILES string of the molecule is CCOc1ccc2[nH]c(C(=O)O)c(CNC(=O)C(C)C)c2c1. The molecule has 0 aliphatic rings. The lowest BCUT2D eigenvalue weighted by atomic mass is 10.1. The van der Waals surface area contributed by atoms with Crippen molar-refractivity contribution in [3.05, 3.63) is 29.5 Å². The summed E-state index contributed by atoms with van der Waals surface area (Å²) in [6, 6.07) is 5.35. The van der Waals surface area contributed by atoms with E-state index in [9.17, 15) is 14.7 Å². The minimum Gasteiger partial charge on any atom is -0.494 e. The fourth-order valence-electron chi connectivity index (χ4n) is 2.23. The number of rotatable bonds is 6. The Bertz CT molecular complexity index is 703. The van der Waals surface area contributed by atoms with Gasteiger partial charge in [-0.15, -0.1) is 0 Å². The Balaban J connectivity index is 2.42. The van der Waals surface area contributed by atoms with Crippen LogP contribution in [0.3, 0.4) is 0 Å². The molecule has 0 atom stereocenters. The molecule has 1 amide bonds. The van der Waals surface area contributed by atoms with Gasteiger partial charge in [0.2, 0.25) is 5.91 Å². The minimum atomic E-state index is -1.05. The summed E-state index contributed by atoms with van der Waals surface area (Å²) in [5.41, 5.74) is 1.35. The Morgan fingerprint density at radius 2 is 2.09 bits per heavy atom. The third kappa shape index (κ3) is 3.21. The molecule has 0 unspecified atom stereocenters. The number of ether oxygens (including phenoxy) is 1. The molecule has 0 aliphatic heterocycles. The number of carbonyl (C=O) groups excluding carboxylic acids is 1. The Morgan fingerprint density at radius 1 is 1.36 bits per heavy atom. The van der Waals surface area contributed by atoms with Crippen LogP contribution < -0.4 is 10.1 Å². The summed E-state index contributed by atoms with van der Waals surface area (Å²) >= 11 is 0. The highest BCUT2D eigenvalue weighted by molar-refractivity contribution is 5.98. The van der Waals surface area contributed by atoms with Gasteiger partial charge in [0.25, 0.3) is 0 Å². The van der Waals surface area contributed by atoms with Crippen LogP contribution in [0.15, 0.2) is 18.2 Å². The molecule has 0 fully saturated rings. The topological polar surface area (TPSA) is 91.4 Å². The summed E-state index contributed by atoms with van der Waals surface area (Å²) in [5.74, 6) is -0.658. The molecule has 1 aromatic heterocycles. The highest BCUT2D eigenvalue weighted by Gasteiger charge is 2.18. The first-order valence-electron chi connectivity index (χ1n) is 7.22. The number of aromatic carboxylic acids is 1. The number of amides is 1. The quantitative estimate of drug-likeness (QED) is 0.764. The predicted octanol–water partition coefficient (Wildman–Crippen LogP) is 2.54. The van der Waals surface area contributed by atoms with Crippen LogP contribution in [-0.2, 0) is 11.3 Å². The number of H-pyrrole nitrogens is 1. The fourth-order valence-corrected chi connectivity index (χ4v) is 2.23. The predicted molar refractivity (Wildman–Crippen MR) is 83.1 cm³/mol. The molecule has 6 heteroatoms. The van der Waals surface area contributed by atoms with Crippen molar-refractivity contribution in [2.45, 2.75) is 27.3 Å². The van der Waals surface area contributed by atoms with Crippen LogP contribution >= 0.6 is 0 Å². The maximum atomic E-state index is 11.7. The molecule has 0 radical (unpaired) electrons. The first-order valence-corrected chi connectivity index (χ1v) is 7.22. The molecule has 0 aliphatic carbocycles. The Morgan fingerprint density at radius 3 is 2.68 bits per heavy atom. The average molecular weight is 304 g/mol. The van der Waals surface area contributed by atoms with Crippen molar-refractivity contribution in [3.63, 3.8) is 0 Å². The molecule has 0 saturated carbocycles. The third-order valence-corrected chi connectivity index (χ3v) is 3.37. The van der Waals surface area contributed by atoms with E-state index in [4.69, 9.17) is 4.74 Å². The maximum Gasteiger partial charge on any atom is 0.352 e. The molecule has 2 aromatic rings. The zero-order valence-corrected chi connectivity index (χ0v) is 12.9. The van der Waals surface area contributed by atoms with Crippen molar-refractivity contribution < 1.29 is 19.4 Å². The number of aromatic nitrogens is 1. The van der Waals surface area contributed by atoms with Gasteiger partial charge < -0.3 is 20.1 Å². The molecule has 3 N–H and O–H groups in total. The molecule has 2 rings (SSSR count). The number of carboxylic acids is 1. The van der Waals surface area contributed by atoms with Crippen LogP contribution in [0.2, 0.25) is 0 Å². The van der Waals surface area contributed by atoms with Crippen LogP contribution in [-0.4, -0.2) is 28.6 Å². The van der Waals surface area contributed by atoms with Crippen molar-refractivity contribution in [2.24, 2.45) is 5.92 Å². The molecule has 0 saturated heterocycles. The number of nitrogens with one attached hydrogen (secondary N) is 2. The number of fused-ring (bicyclic) bond motifs is 1. The Hall–Kier alpha value is -2.50. The first-order chi connectivity index (χ1) is 10.4. The van der Waals surface area contributed by atoms with Gasteiger partial charge in [0.05, 0.1) is 6.61 Å². The normalized spacial score (nSPS) is 10.9. The van der Waals surface area contributed by atoms with E-state index in [-0.39, 0.29) is 24.1 Å². The molecule has 0 bridgehead atoms. The average Bonchev–Trinajstić information content (AvgIpc) is 2.83. The minimum absolute atomic E-state index is 0.0905. The van der Waals surface area contributed by atoms with Gasteiger partial charge in [-0.1, -0.05) is 13.8 Å². The van der Waals surface area contributed by atoms with Gasteiger partial charge >= 0.3 is 5.97 Å². The lowest BCUT2D eigenvalue weighted by molar-refractivity contribution is -0.124. The molecular weight excluding hydrogens is 284 g/mol. The van der Waals surface area contributed by atoms with Crippen molar-refractivity contribution in [2.75, 3.05) is 6.61 Å². The van der Waals surface area contributed by atoms with Gasteiger partial charge in [-0.05, 0) is 25.1 Å². The van der Waals surface area contributed by atoms with Crippen LogP contribution in [0.25, 0.3) is 10.9 Å². The standard InChI is InChI=1S/C16H20N2O4/c1-4-22-10-5-6-13-11(7-10)12(14(18-13)16(20)21)8-17-15(19)9(2)3/h5-7,9,18H,4,8H2,1-3H3,(H,17,19)(H,20,21). The fraction of sp³-hybridized carbons (Fsp3) is 0.375. The van der Waals surface area contributed by atoms with Crippen LogP contribution in [0, 0.1) is 5.92 Å². The van der Waals surface area contributed by atoms with E-state index in [1.54, 1.807) is 32.0 Å². The number of hydrogen-bond donors (Lipinski definition) is 3. The molecular formula is C16H20N2O4. The van der Waals surface area contributed by atoms with Crippen LogP contribution in [0.5, 0.6) is 5.75 Å². The van der Waals surface area contributed by atoms with E-state index in [0.717, 1.165) is 5.39 Å². The molecule has 1 heterocycles. The monoisotopic (exact) mass is 304 g/mol. The van der Waals surface area contributed by atoms with Crippen molar-refractivity contribution in [1.29, 1.82) is 0 Å². The number of hydrogen-bond acceptors (Lipinski definition) is 3. The van der Waals surface area contributed by atoms with E-state index in [2.05, 4.69) is 10.3 Å². The summed E-state index contributed by atoms with van der Waals surface area (Å²) in [5, 5.41) is 12.8. The Kier molecular flexibility index (Phi) is 4.70. The third-order valence-electron chi connectivity index (χ3n) is 3.37. The van der Waals surface area contributed by atoms with Gasteiger partial charge in [0, 0.05) is 28.9 Å². The largest absolute Gasteiger partial charge is 0.494 e. The molecule has 0 spiro atoms. The van der Waals surface area contributed by atoms with E-state index in [0.29, 0.717) is 23.4 Å². The molecule has 118 valence electrons. The van der Waals surface area contributed by atoms with Gasteiger partial charge in [-0.2, -0.15) is 0 Å². The molecule has 6 nitrogen and oxygen atoms in total. The van der Waals surface area contributed by atoms with Crippen LogP contribution in [0.4, 0.5) is 0 Å². The van der Waals surface area contributed by atoms with Crippen molar-refractivity contribution in [1.82, 2.24) is 10.3 Å². The second kappa shape index (κ2) is 6.51. The van der Waals surface area contributed by atoms with Gasteiger partial charge in [-0.3, -0.25) is 4.79 Å². The van der Waals surface area contributed by atoms with Gasteiger partial charge in [0.1, 0.15) is 11.4 Å². The summed E-state index contributed by atoms with van der Waals surface area (Å²) in [7, 11) is 0. The van der Waals surface area contributed by atoms with Crippen LogP contribution in [0.1, 0.15) is 36.8 Å². The highest BCUT2D eigenvalue weighted by Crippen LogP contribution is 2.27. The number of carbonyl (C=O) groups is 2. The van der Waals surface area contributed by atoms with Gasteiger partial charge in [0.15, 0.2) is 0 Å². The Labute approximate surface area is 128 Å². The molecule has 22 heavy (non-hydrogen) atoms. The summed E-state index contributed by atoms with van der Waals surface area (Å²) in [4.78, 5) is 26.0. The van der Waals surface area contributed by atoms with E-state index >= 15 is 0 Å².